The molecule has 2 heterocycles. The number of nitrogens with one attached hydrogen (secondary N) is 1. The van der Waals surface area contributed by atoms with Gasteiger partial charge < -0.3 is 9.84 Å². The summed E-state index contributed by atoms with van der Waals surface area (Å²) in [6, 6.07) is 3.08. The second-order valence-electron chi connectivity index (χ2n) is 5.17. The Hall–Kier alpha value is -1.82. The van der Waals surface area contributed by atoms with Crippen LogP contribution in [0, 0.1) is 11.7 Å². The van der Waals surface area contributed by atoms with Crippen molar-refractivity contribution >= 4 is 0 Å². The number of rotatable bonds is 5. The van der Waals surface area contributed by atoms with E-state index in [0.29, 0.717) is 23.3 Å². The van der Waals surface area contributed by atoms with Gasteiger partial charge >= 0.3 is 0 Å². The number of hydrogen-bond acceptors (Lipinski definition) is 5. The zero-order valence-corrected chi connectivity index (χ0v) is 12.1. The topological polar surface area (TPSA) is 63.8 Å². The third kappa shape index (κ3) is 3.01. The molecule has 0 amide bonds. The van der Waals surface area contributed by atoms with Crippen molar-refractivity contribution in [3.8, 4) is 11.5 Å². The first-order valence-electron chi connectivity index (χ1n) is 6.65. The van der Waals surface area contributed by atoms with Gasteiger partial charge in [-0.05, 0) is 32.0 Å². The van der Waals surface area contributed by atoms with Gasteiger partial charge in [-0.15, -0.1) is 0 Å². The maximum atomic E-state index is 12.9. The summed E-state index contributed by atoms with van der Waals surface area (Å²) in [4.78, 5) is 8.35. The van der Waals surface area contributed by atoms with Crippen molar-refractivity contribution in [1.82, 2.24) is 20.4 Å². The van der Waals surface area contributed by atoms with Crippen molar-refractivity contribution in [3.05, 3.63) is 30.0 Å². The molecule has 6 heteroatoms. The number of pyridine rings is 1. The summed E-state index contributed by atoms with van der Waals surface area (Å²) in [6.45, 7) is 6.29. The van der Waals surface area contributed by atoms with E-state index in [0.717, 1.165) is 6.20 Å². The summed E-state index contributed by atoms with van der Waals surface area (Å²) >= 11 is 0. The fourth-order valence-electron chi connectivity index (χ4n) is 2.24. The second kappa shape index (κ2) is 6.09. The predicted octanol–water partition coefficient (Wildman–Crippen LogP) is 2.62. The maximum absolute atomic E-state index is 12.9. The molecule has 2 aromatic rings. The molecule has 2 atom stereocenters. The molecule has 108 valence electrons. The Bertz CT molecular complexity index is 553. The zero-order valence-electron chi connectivity index (χ0n) is 12.1. The first-order chi connectivity index (χ1) is 9.52. The lowest BCUT2D eigenvalue weighted by atomic mass is 9.89. The maximum Gasteiger partial charge on any atom is 0.231 e. The second-order valence-corrected chi connectivity index (χ2v) is 5.17. The molecule has 20 heavy (non-hydrogen) atoms. The number of likely N-dealkylation sites (N-methyl/N-ethyl adjacent to an activating group) is 1. The van der Waals surface area contributed by atoms with Crippen LogP contribution in [0.15, 0.2) is 22.9 Å². The van der Waals surface area contributed by atoms with Crippen LogP contribution in [0.3, 0.4) is 0 Å². The van der Waals surface area contributed by atoms with E-state index in [1.54, 1.807) is 0 Å². The molecular weight excluding hydrogens is 259 g/mol. The molecule has 2 aromatic heterocycles. The molecule has 0 saturated heterocycles. The van der Waals surface area contributed by atoms with Crippen LogP contribution in [0.5, 0.6) is 0 Å². The van der Waals surface area contributed by atoms with Crippen molar-refractivity contribution in [3.63, 3.8) is 0 Å². The summed E-state index contributed by atoms with van der Waals surface area (Å²) in [5.41, 5.74) is 0.501. The third-order valence-electron chi connectivity index (χ3n) is 3.40. The van der Waals surface area contributed by atoms with Crippen LogP contribution in [0.2, 0.25) is 0 Å². The van der Waals surface area contributed by atoms with Crippen molar-refractivity contribution in [1.29, 1.82) is 0 Å². The predicted molar refractivity (Wildman–Crippen MR) is 73.6 cm³/mol. The highest BCUT2D eigenvalue weighted by molar-refractivity contribution is 5.47. The molecule has 0 aliphatic rings. The monoisotopic (exact) mass is 278 g/mol. The van der Waals surface area contributed by atoms with Gasteiger partial charge in [0.1, 0.15) is 11.5 Å². The first-order valence-corrected chi connectivity index (χ1v) is 6.65. The lowest BCUT2D eigenvalue weighted by molar-refractivity contribution is 0.286. The fourth-order valence-corrected chi connectivity index (χ4v) is 2.24. The van der Waals surface area contributed by atoms with Gasteiger partial charge in [0.2, 0.25) is 11.7 Å². The molecule has 2 unspecified atom stereocenters. The molecule has 5 nitrogen and oxygen atoms in total. The van der Waals surface area contributed by atoms with Crippen LogP contribution in [0.4, 0.5) is 4.39 Å². The molecule has 0 bridgehead atoms. The lowest BCUT2D eigenvalue weighted by Gasteiger charge is -2.23. The minimum Gasteiger partial charge on any atom is -0.339 e. The zero-order chi connectivity index (χ0) is 14.7. The van der Waals surface area contributed by atoms with Gasteiger partial charge in [0.25, 0.3) is 0 Å². The van der Waals surface area contributed by atoms with E-state index < -0.39 is 0 Å². The summed E-state index contributed by atoms with van der Waals surface area (Å²) < 4.78 is 18.2. The minimum atomic E-state index is -0.388. The van der Waals surface area contributed by atoms with Crippen molar-refractivity contribution < 1.29 is 8.91 Å². The highest BCUT2D eigenvalue weighted by Gasteiger charge is 2.27. The van der Waals surface area contributed by atoms with E-state index >= 15 is 0 Å². The fraction of sp³-hybridized carbons (Fsp3) is 0.500. The van der Waals surface area contributed by atoms with Crippen LogP contribution in [0.25, 0.3) is 11.5 Å². The molecule has 0 saturated carbocycles. The molecule has 0 aliphatic carbocycles. The smallest absolute Gasteiger partial charge is 0.231 e. The summed E-state index contributed by atoms with van der Waals surface area (Å²) in [6.07, 6.45) is 1.14. The van der Waals surface area contributed by atoms with Crippen LogP contribution < -0.4 is 5.32 Å². The van der Waals surface area contributed by atoms with E-state index in [1.165, 1.54) is 12.1 Å². The van der Waals surface area contributed by atoms with E-state index in [2.05, 4.69) is 41.2 Å². The van der Waals surface area contributed by atoms with Gasteiger partial charge in [-0.25, -0.2) is 9.37 Å². The average molecular weight is 278 g/mol. The van der Waals surface area contributed by atoms with Gasteiger partial charge in [0.15, 0.2) is 0 Å². The van der Waals surface area contributed by atoms with Gasteiger partial charge in [-0.3, -0.25) is 0 Å². The average Bonchev–Trinajstić information content (AvgIpc) is 2.88. The van der Waals surface area contributed by atoms with Crippen LogP contribution >= 0.6 is 0 Å². The van der Waals surface area contributed by atoms with Crippen LogP contribution in [0.1, 0.15) is 32.6 Å². The molecule has 1 N–H and O–H groups in total. The number of nitrogens with zero attached hydrogens (tertiary/aromatic N) is 3. The van der Waals surface area contributed by atoms with Crippen molar-refractivity contribution in [2.45, 2.75) is 32.7 Å². The molecule has 0 spiro atoms. The summed E-state index contributed by atoms with van der Waals surface area (Å²) in [7, 11) is 1.90. The van der Waals surface area contributed by atoms with Crippen LogP contribution in [-0.2, 0) is 0 Å². The Labute approximate surface area is 117 Å². The number of hydrogen-bond donors (Lipinski definition) is 1. The van der Waals surface area contributed by atoms with Gasteiger partial charge in [-0.2, -0.15) is 4.98 Å². The van der Waals surface area contributed by atoms with E-state index in [1.807, 2.05) is 7.05 Å². The van der Waals surface area contributed by atoms with E-state index in [-0.39, 0.29) is 17.8 Å². The van der Waals surface area contributed by atoms with E-state index in [9.17, 15) is 4.39 Å². The highest BCUT2D eigenvalue weighted by Crippen LogP contribution is 2.28. The Kier molecular flexibility index (Phi) is 4.44. The Morgan fingerprint density at radius 1 is 1.25 bits per heavy atom. The Balaban J connectivity index is 2.29. The third-order valence-corrected chi connectivity index (χ3v) is 3.40. The first kappa shape index (κ1) is 14.6. The van der Waals surface area contributed by atoms with Crippen molar-refractivity contribution in [2.24, 2.45) is 5.92 Å². The van der Waals surface area contributed by atoms with Gasteiger partial charge in [0.05, 0.1) is 12.1 Å². The molecule has 2 rings (SSSR count). The molecular formula is C14H19FN4O. The Morgan fingerprint density at radius 3 is 2.55 bits per heavy atom. The molecule has 0 fully saturated rings. The molecule has 0 aliphatic heterocycles. The largest absolute Gasteiger partial charge is 0.339 e. The minimum absolute atomic E-state index is 0.113. The normalized spacial score (nSPS) is 14.5. The number of aromatic nitrogens is 3. The molecule has 0 radical (unpaired) electrons. The van der Waals surface area contributed by atoms with Crippen molar-refractivity contribution in [2.75, 3.05) is 7.05 Å². The summed E-state index contributed by atoms with van der Waals surface area (Å²) in [5, 5.41) is 7.15. The van der Waals surface area contributed by atoms with E-state index in [4.69, 9.17) is 4.52 Å². The quantitative estimate of drug-likeness (QED) is 0.910. The van der Waals surface area contributed by atoms with Crippen LogP contribution in [-0.4, -0.2) is 28.2 Å². The molecule has 0 aromatic carbocycles. The standard InChI is InChI=1S/C14H19FN4O/c1-8(2)12(9(3)16-4)14-18-13(19-20-14)11-6-5-10(15)7-17-11/h5-9,12,16H,1-4H3. The van der Waals surface area contributed by atoms with Gasteiger partial charge in [-0.1, -0.05) is 19.0 Å². The highest BCUT2D eigenvalue weighted by atomic mass is 19.1. The lowest BCUT2D eigenvalue weighted by Crippen LogP contribution is -2.32. The SMILES string of the molecule is CNC(C)C(c1nc(-c2ccc(F)cn2)no1)C(C)C. The van der Waals surface area contributed by atoms with Gasteiger partial charge in [0, 0.05) is 6.04 Å². The number of halogens is 1. The Morgan fingerprint density at radius 2 is 2.00 bits per heavy atom. The summed E-state index contributed by atoms with van der Waals surface area (Å²) in [5.74, 6) is 1.03.